The number of nitrogens with two attached hydrogens (primary N) is 1. The van der Waals surface area contributed by atoms with E-state index < -0.39 is 14.8 Å². The molecule has 0 radical (unpaired) electrons. The number of primary sulfonamides is 1. The van der Waals surface area contributed by atoms with Crippen molar-refractivity contribution in [3.63, 3.8) is 0 Å². The molecule has 5 nitrogen and oxygen atoms in total. The lowest BCUT2D eigenvalue weighted by molar-refractivity contribution is 0.248. The molecule has 6 heteroatoms. The Bertz CT molecular complexity index is 1010. The van der Waals surface area contributed by atoms with E-state index in [0.29, 0.717) is 18.4 Å². The van der Waals surface area contributed by atoms with Crippen LogP contribution in [-0.4, -0.2) is 13.4 Å². The van der Waals surface area contributed by atoms with E-state index in [9.17, 15) is 8.42 Å². The zero-order valence-corrected chi connectivity index (χ0v) is 15.3. The largest absolute Gasteiger partial charge is 0.469 e. The third-order valence-corrected chi connectivity index (χ3v) is 7.44. The molecule has 1 aromatic carbocycles. The fourth-order valence-electron chi connectivity index (χ4n) is 4.49. The average Bonchev–Trinajstić information content (AvgIpc) is 3.14. The van der Waals surface area contributed by atoms with E-state index in [1.807, 2.05) is 36.4 Å². The van der Waals surface area contributed by atoms with E-state index in [4.69, 9.17) is 9.56 Å². The Kier molecular flexibility index (Phi) is 4.32. The molecule has 2 atom stereocenters. The first kappa shape index (κ1) is 17.2. The van der Waals surface area contributed by atoms with Crippen LogP contribution < -0.4 is 5.14 Å². The maximum Gasteiger partial charge on any atom is 0.219 e. The first-order chi connectivity index (χ1) is 12.5. The summed E-state index contributed by atoms with van der Waals surface area (Å²) in [7, 11) is -3.87. The lowest BCUT2D eigenvalue weighted by Gasteiger charge is -2.42. The van der Waals surface area contributed by atoms with Gasteiger partial charge in [0, 0.05) is 29.8 Å². The number of sulfonamides is 1. The molecule has 2 heterocycles. The highest BCUT2D eigenvalue weighted by atomic mass is 32.2. The molecular formula is C20H22N2O3S. The third kappa shape index (κ3) is 2.73. The summed E-state index contributed by atoms with van der Waals surface area (Å²) in [5.74, 6) is 0.642. The molecule has 1 aliphatic carbocycles. The van der Waals surface area contributed by atoms with Gasteiger partial charge in [-0.05, 0) is 36.3 Å². The number of aromatic nitrogens is 1. The molecule has 0 saturated heterocycles. The minimum atomic E-state index is -3.87. The highest BCUT2D eigenvalue weighted by Crippen LogP contribution is 2.49. The van der Waals surface area contributed by atoms with E-state index in [1.54, 1.807) is 18.7 Å². The number of fused-ring (bicyclic) bond motifs is 1. The number of nitrogens with zero attached hydrogens (tertiary/aromatic N) is 1. The zero-order valence-electron chi connectivity index (χ0n) is 14.5. The Morgan fingerprint density at radius 3 is 2.77 bits per heavy atom. The molecule has 2 N–H and O–H groups in total. The monoisotopic (exact) mass is 370 g/mol. The van der Waals surface area contributed by atoms with Crippen molar-refractivity contribution in [1.29, 1.82) is 0 Å². The van der Waals surface area contributed by atoms with Crippen molar-refractivity contribution in [1.82, 2.24) is 4.98 Å². The summed E-state index contributed by atoms with van der Waals surface area (Å²) in [4.78, 5) is 4.33. The molecule has 1 fully saturated rings. The third-order valence-electron chi connectivity index (χ3n) is 5.67. The predicted molar refractivity (Wildman–Crippen MR) is 101 cm³/mol. The van der Waals surface area contributed by atoms with Gasteiger partial charge in [-0.15, -0.1) is 0 Å². The summed E-state index contributed by atoms with van der Waals surface area (Å²) in [5, 5.41) is 7.73. The van der Waals surface area contributed by atoms with Crippen molar-refractivity contribution in [3.8, 4) is 0 Å². The molecule has 136 valence electrons. The van der Waals surface area contributed by atoms with Gasteiger partial charge >= 0.3 is 0 Å². The van der Waals surface area contributed by atoms with Gasteiger partial charge in [0.1, 0.15) is 10.5 Å². The summed E-state index contributed by atoms with van der Waals surface area (Å²) in [5.41, 5.74) is 0.717. The van der Waals surface area contributed by atoms with Crippen molar-refractivity contribution in [3.05, 3.63) is 66.4 Å². The van der Waals surface area contributed by atoms with E-state index in [2.05, 4.69) is 4.98 Å². The summed E-state index contributed by atoms with van der Waals surface area (Å²) in [6.45, 7) is 0. The fraction of sp³-hybridized carbons (Fsp3) is 0.350. The quantitative estimate of drug-likeness (QED) is 0.758. The van der Waals surface area contributed by atoms with Crippen molar-refractivity contribution in [2.45, 2.75) is 36.9 Å². The highest BCUT2D eigenvalue weighted by Gasteiger charge is 2.52. The SMILES string of the molecule is NS(=O)(=O)C1(c2cncc3ccccc23)CCCCC1Cc1ccco1. The Morgan fingerprint density at radius 2 is 2.00 bits per heavy atom. The molecule has 4 rings (SSSR count). The van der Waals surface area contributed by atoms with Crippen molar-refractivity contribution >= 4 is 20.8 Å². The predicted octanol–water partition coefficient (Wildman–Crippen LogP) is 3.74. The number of benzene rings is 1. The van der Waals surface area contributed by atoms with Gasteiger partial charge in [0.05, 0.1) is 6.26 Å². The maximum absolute atomic E-state index is 13.0. The van der Waals surface area contributed by atoms with Crippen LogP contribution in [0, 0.1) is 5.92 Å². The molecule has 3 aromatic rings. The summed E-state index contributed by atoms with van der Waals surface area (Å²) >= 11 is 0. The first-order valence-electron chi connectivity index (χ1n) is 8.90. The molecule has 2 aromatic heterocycles. The van der Waals surface area contributed by atoms with Crippen LogP contribution in [0.15, 0.2) is 59.5 Å². The lowest BCUT2D eigenvalue weighted by Crippen LogP contribution is -2.49. The number of rotatable bonds is 4. The lowest BCUT2D eigenvalue weighted by atomic mass is 9.72. The second-order valence-electron chi connectivity index (χ2n) is 7.07. The zero-order chi connectivity index (χ0) is 18.2. The van der Waals surface area contributed by atoms with Crippen LogP contribution in [-0.2, 0) is 21.2 Å². The number of hydrogen-bond donors (Lipinski definition) is 1. The smallest absolute Gasteiger partial charge is 0.219 e. The van der Waals surface area contributed by atoms with Gasteiger partial charge in [-0.3, -0.25) is 4.98 Å². The highest BCUT2D eigenvalue weighted by molar-refractivity contribution is 7.90. The van der Waals surface area contributed by atoms with Gasteiger partial charge in [0.15, 0.2) is 0 Å². The fourth-order valence-corrected chi connectivity index (χ4v) is 6.05. The van der Waals surface area contributed by atoms with Gasteiger partial charge in [0.25, 0.3) is 0 Å². The summed E-state index contributed by atoms with van der Waals surface area (Å²) < 4.78 is 30.4. The van der Waals surface area contributed by atoms with E-state index in [0.717, 1.165) is 35.8 Å². The van der Waals surface area contributed by atoms with Gasteiger partial charge in [-0.25, -0.2) is 13.6 Å². The summed E-state index contributed by atoms with van der Waals surface area (Å²) in [6, 6.07) is 11.5. The topological polar surface area (TPSA) is 86.2 Å². The van der Waals surface area contributed by atoms with Gasteiger partial charge in [-0.1, -0.05) is 37.1 Å². The molecule has 0 bridgehead atoms. The minimum Gasteiger partial charge on any atom is -0.469 e. The van der Waals surface area contributed by atoms with Crippen LogP contribution in [0.25, 0.3) is 10.8 Å². The second-order valence-corrected chi connectivity index (χ2v) is 8.89. The Labute approximate surface area is 153 Å². The Morgan fingerprint density at radius 1 is 1.15 bits per heavy atom. The maximum atomic E-state index is 13.0. The Balaban J connectivity index is 1.95. The normalized spacial score (nSPS) is 24.0. The van der Waals surface area contributed by atoms with E-state index in [1.165, 1.54) is 0 Å². The molecular weight excluding hydrogens is 348 g/mol. The average molecular weight is 370 g/mol. The molecule has 26 heavy (non-hydrogen) atoms. The van der Waals surface area contributed by atoms with E-state index in [-0.39, 0.29) is 5.92 Å². The number of furan rings is 1. The molecule has 2 unspecified atom stereocenters. The van der Waals surface area contributed by atoms with Gasteiger partial charge in [-0.2, -0.15) is 0 Å². The van der Waals surface area contributed by atoms with Crippen molar-refractivity contribution in [2.24, 2.45) is 11.1 Å². The van der Waals surface area contributed by atoms with Crippen LogP contribution in [0.3, 0.4) is 0 Å². The molecule has 0 amide bonds. The van der Waals surface area contributed by atoms with Gasteiger partial charge in [0.2, 0.25) is 10.0 Å². The van der Waals surface area contributed by atoms with Crippen molar-refractivity contribution < 1.29 is 12.8 Å². The van der Waals surface area contributed by atoms with E-state index >= 15 is 0 Å². The van der Waals surface area contributed by atoms with Crippen molar-refractivity contribution in [2.75, 3.05) is 0 Å². The number of pyridine rings is 1. The number of hydrogen-bond acceptors (Lipinski definition) is 4. The second kappa shape index (κ2) is 6.52. The molecule has 0 aliphatic heterocycles. The summed E-state index contributed by atoms with van der Waals surface area (Å²) in [6.07, 6.45) is 8.73. The standard InChI is InChI=1S/C20H22N2O3S/c21-26(23,24)20(19-14-22-13-15-6-1-2-9-18(15)19)10-4-3-7-16(20)12-17-8-5-11-25-17/h1-2,5-6,8-9,11,13-14,16H,3-4,7,10,12H2,(H2,21,23,24). The van der Waals surface area contributed by atoms with Crippen LogP contribution in [0.4, 0.5) is 0 Å². The van der Waals surface area contributed by atoms with Gasteiger partial charge < -0.3 is 4.42 Å². The van der Waals surface area contributed by atoms with Crippen LogP contribution in [0.2, 0.25) is 0 Å². The molecule has 0 spiro atoms. The van der Waals surface area contributed by atoms with Crippen LogP contribution in [0.5, 0.6) is 0 Å². The molecule has 1 saturated carbocycles. The minimum absolute atomic E-state index is 0.148. The Hall–Kier alpha value is -2.18. The first-order valence-corrected chi connectivity index (χ1v) is 10.4. The van der Waals surface area contributed by atoms with Crippen LogP contribution in [0.1, 0.15) is 37.0 Å². The van der Waals surface area contributed by atoms with Crippen LogP contribution >= 0.6 is 0 Å². The molecule has 1 aliphatic rings.